The van der Waals surface area contributed by atoms with Gasteiger partial charge < -0.3 is 23.5 Å². The molecule has 1 aliphatic heterocycles. The molecule has 8 nitrogen and oxygen atoms in total. The number of esters is 1. The van der Waals surface area contributed by atoms with Crippen LogP contribution in [0.3, 0.4) is 0 Å². The summed E-state index contributed by atoms with van der Waals surface area (Å²) in [4.78, 5) is 30.4. The third kappa shape index (κ3) is 4.59. The molecule has 180 valence electrons. The zero-order valence-electron chi connectivity index (χ0n) is 19.4. The Hall–Kier alpha value is -3.85. The second kappa shape index (κ2) is 9.79. The number of ether oxygens (including phenoxy) is 4. The first-order valence-corrected chi connectivity index (χ1v) is 12.1. The second-order valence-electron chi connectivity index (χ2n) is 7.87. The van der Waals surface area contributed by atoms with Crippen molar-refractivity contribution in [3.8, 4) is 17.2 Å². The third-order valence-electron chi connectivity index (χ3n) is 5.69. The highest BCUT2D eigenvalue weighted by atomic mass is 32.1. The number of aromatic nitrogens is 1. The van der Waals surface area contributed by atoms with Gasteiger partial charge in [-0.15, -0.1) is 0 Å². The zero-order valence-corrected chi connectivity index (χ0v) is 20.2. The lowest BCUT2D eigenvalue weighted by Gasteiger charge is -2.18. The number of thiazole rings is 1. The molecule has 35 heavy (non-hydrogen) atoms. The minimum Gasteiger partial charge on any atom is -0.496 e. The first-order chi connectivity index (χ1) is 17.1. The second-order valence-corrected chi connectivity index (χ2v) is 8.88. The summed E-state index contributed by atoms with van der Waals surface area (Å²) < 4.78 is 24.8. The van der Waals surface area contributed by atoms with E-state index >= 15 is 0 Å². The monoisotopic (exact) mass is 492 g/mol. The van der Waals surface area contributed by atoms with Gasteiger partial charge in [0.05, 0.1) is 35.9 Å². The molecule has 5 rings (SSSR count). The number of carbonyl (C=O) groups excluding carboxylic acids is 2. The molecule has 0 saturated heterocycles. The quantitative estimate of drug-likeness (QED) is 0.372. The molecule has 4 aromatic rings. The SMILES string of the molecule is CCOC(=O)CCn1c(=NC(=O)c2cc3ccccc3cc2OC)sc2cc3c(cc21)OCCO3. The molecule has 2 heterocycles. The van der Waals surface area contributed by atoms with E-state index in [4.69, 9.17) is 18.9 Å². The van der Waals surface area contributed by atoms with E-state index in [2.05, 4.69) is 4.99 Å². The fraction of sp³-hybridized carbons (Fsp3) is 0.269. The van der Waals surface area contributed by atoms with Crippen LogP contribution in [0.2, 0.25) is 0 Å². The Morgan fingerprint density at radius 2 is 1.77 bits per heavy atom. The zero-order chi connectivity index (χ0) is 24.4. The molecule has 0 fully saturated rings. The maximum atomic E-state index is 13.4. The largest absolute Gasteiger partial charge is 0.496 e. The van der Waals surface area contributed by atoms with Crippen molar-refractivity contribution in [2.45, 2.75) is 19.9 Å². The average Bonchev–Trinajstić information content (AvgIpc) is 3.20. The number of hydrogen-bond acceptors (Lipinski definition) is 7. The fourth-order valence-corrected chi connectivity index (χ4v) is 5.11. The number of fused-ring (bicyclic) bond motifs is 3. The lowest BCUT2D eigenvalue weighted by Crippen LogP contribution is -2.20. The van der Waals surface area contributed by atoms with Gasteiger partial charge in [0.25, 0.3) is 5.91 Å². The number of hydrogen-bond donors (Lipinski definition) is 0. The first kappa shape index (κ1) is 22.9. The van der Waals surface area contributed by atoms with Crippen LogP contribution in [0, 0.1) is 0 Å². The summed E-state index contributed by atoms with van der Waals surface area (Å²) >= 11 is 1.35. The molecule has 0 unspecified atom stereocenters. The number of carbonyl (C=O) groups is 2. The van der Waals surface area contributed by atoms with Gasteiger partial charge in [-0.05, 0) is 29.8 Å². The van der Waals surface area contributed by atoms with Crippen LogP contribution in [-0.4, -0.2) is 43.4 Å². The van der Waals surface area contributed by atoms with Crippen LogP contribution in [0.25, 0.3) is 21.0 Å². The van der Waals surface area contributed by atoms with Gasteiger partial charge in [0, 0.05) is 18.7 Å². The van der Waals surface area contributed by atoms with E-state index in [9.17, 15) is 9.59 Å². The van der Waals surface area contributed by atoms with Crippen LogP contribution in [-0.2, 0) is 16.1 Å². The molecule has 0 aliphatic carbocycles. The normalized spacial score (nSPS) is 13.3. The molecule has 0 atom stereocenters. The van der Waals surface area contributed by atoms with Crippen molar-refractivity contribution in [2.24, 2.45) is 4.99 Å². The molecule has 0 saturated carbocycles. The van der Waals surface area contributed by atoms with E-state index < -0.39 is 5.91 Å². The standard InChI is InChI=1S/C26H24N2O6S/c1-3-32-24(29)8-9-28-19-14-21-22(34-11-10-33-21)15-23(19)35-26(28)27-25(30)18-12-16-6-4-5-7-17(16)13-20(18)31-2/h4-7,12-15H,3,8-11H2,1-2H3. The van der Waals surface area contributed by atoms with Crippen LogP contribution in [0.5, 0.6) is 17.2 Å². The van der Waals surface area contributed by atoms with E-state index in [-0.39, 0.29) is 12.4 Å². The number of rotatable bonds is 6. The number of nitrogens with zero attached hydrogens (tertiary/aromatic N) is 2. The number of methoxy groups -OCH3 is 1. The van der Waals surface area contributed by atoms with E-state index in [1.165, 1.54) is 18.4 Å². The Labute approximate surface area is 205 Å². The number of benzene rings is 3. The van der Waals surface area contributed by atoms with E-state index in [1.807, 2.05) is 47.0 Å². The molecule has 1 aliphatic rings. The van der Waals surface area contributed by atoms with Gasteiger partial charge in [-0.3, -0.25) is 9.59 Å². The summed E-state index contributed by atoms with van der Waals surface area (Å²) in [6.45, 7) is 3.32. The van der Waals surface area contributed by atoms with Crippen LogP contribution in [0.15, 0.2) is 53.5 Å². The molecule has 9 heteroatoms. The minimum absolute atomic E-state index is 0.148. The summed E-state index contributed by atoms with van der Waals surface area (Å²) in [7, 11) is 1.53. The highest BCUT2D eigenvalue weighted by molar-refractivity contribution is 7.16. The summed E-state index contributed by atoms with van der Waals surface area (Å²) in [5.74, 6) is 0.984. The predicted octanol–water partition coefficient (Wildman–Crippen LogP) is 4.33. The molecule has 0 spiro atoms. The van der Waals surface area contributed by atoms with Gasteiger partial charge >= 0.3 is 5.97 Å². The molecule has 0 radical (unpaired) electrons. The number of aryl methyl sites for hydroxylation is 1. The first-order valence-electron chi connectivity index (χ1n) is 11.3. The Morgan fingerprint density at radius 3 is 2.49 bits per heavy atom. The van der Waals surface area contributed by atoms with Crippen molar-refractivity contribution in [1.82, 2.24) is 4.57 Å². The Morgan fingerprint density at radius 1 is 1.06 bits per heavy atom. The van der Waals surface area contributed by atoms with Crippen molar-refractivity contribution in [1.29, 1.82) is 0 Å². The summed E-state index contributed by atoms with van der Waals surface area (Å²) in [6.07, 6.45) is 0.148. The molecule has 1 amide bonds. The molecular weight excluding hydrogens is 468 g/mol. The summed E-state index contributed by atoms with van der Waals surface area (Å²) in [5, 5.41) is 1.89. The lowest BCUT2D eigenvalue weighted by atomic mass is 10.1. The topological polar surface area (TPSA) is 88.4 Å². The van der Waals surface area contributed by atoms with Crippen LogP contribution >= 0.6 is 11.3 Å². The van der Waals surface area contributed by atoms with Gasteiger partial charge in [0.15, 0.2) is 16.3 Å². The van der Waals surface area contributed by atoms with Crippen molar-refractivity contribution < 1.29 is 28.5 Å². The van der Waals surface area contributed by atoms with Crippen LogP contribution in [0.1, 0.15) is 23.7 Å². The Bertz CT molecular complexity index is 1500. The molecular formula is C26H24N2O6S. The third-order valence-corrected chi connectivity index (χ3v) is 6.73. The molecule has 1 aromatic heterocycles. The van der Waals surface area contributed by atoms with E-state index in [1.54, 1.807) is 13.0 Å². The Kier molecular flexibility index (Phi) is 6.41. The van der Waals surface area contributed by atoms with E-state index in [0.717, 1.165) is 21.0 Å². The molecule has 0 bridgehead atoms. The summed E-state index contributed by atoms with van der Waals surface area (Å²) in [6, 6.07) is 15.1. The van der Waals surface area contributed by atoms with Gasteiger partial charge in [-0.1, -0.05) is 35.6 Å². The van der Waals surface area contributed by atoms with E-state index in [0.29, 0.717) is 54.0 Å². The van der Waals surface area contributed by atoms with Gasteiger partial charge in [-0.25, -0.2) is 0 Å². The predicted molar refractivity (Wildman–Crippen MR) is 132 cm³/mol. The highest BCUT2D eigenvalue weighted by Crippen LogP contribution is 2.36. The van der Waals surface area contributed by atoms with Crippen molar-refractivity contribution >= 4 is 44.2 Å². The maximum Gasteiger partial charge on any atom is 0.307 e. The maximum absolute atomic E-state index is 13.4. The average molecular weight is 493 g/mol. The van der Waals surface area contributed by atoms with Crippen molar-refractivity contribution in [3.05, 3.63) is 58.9 Å². The van der Waals surface area contributed by atoms with Crippen LogP contribution < -0.4 is 19.0 Å². The smallest absolute Gasteiger partial charge is 0.307 e. The number of amides is 1. The lowest BCUT2D eigenvalue weighted by molar-refractivity contribution is -0.143. The highest BCUT2D eigenvalue weighted by Gasteiger charge is 2.19. The van der Waals surface area contributed by atoms with Crippen LogP contribution in [0.4, 0.5) is 0 Å². The molecule has 0 N–H and O–H groups in total. The molecule has 3 aromatic carbocycles. The summed E-state index contributed by atoms with van der Waals surface area (Å²) in [5.41, 5.74) is 1.17. The minimum atomic E-state index is -0.429. The van der Waals surface area contributed by atoms with Gasteiger partial charge in [0.1, 0.15) is 19.0 Å². The van der Waals surface area contributed by atoms with Crippen molar-refractivity contribution in [3.63, 3.8) is 0 Å². The van der Waals surface area contributed by atoms with Crippen molar-refractivity contribution in [2.75, 3.05) is 26.9 Å². The fourth-order valence-electron chi connectivity index (χ4n) is 4.05. The Balaban J connectivity index is 1.62. The van der Waals surface area contributed by atoms with Gasteiger partial charge in [0.2, 0.25) is 0 Å². The van der Waals surface area contributed by atoms with Gasteiger partial charge in [-0.2, -0.15) is 4.99 Å².